The third-order valence-electron chi connectivity index (χ3n) is 3.11. The Morgan fingerprint density at radius 3 is 2.95 bits per heavy atom. The SMILES string of the molecule is Cc1cc2nccc(C(=O)NCc3ccccc3F)n2n1. The summed E-state index contributed by atoms with van der Waals surface area (Å²) in [4.78, 5) is 16.4. The predicted octanol–water partition coefficient (Wildman–Crippen LogP) is 2.11. The summed E-state index contributed by atoms with van der Waals surface area (Å²) in [6.45, 7) is 1.95. The van der Waals surface area contributed by atoms with Gasteiger partial charge in [-0.25, -0.2) is 13.9 Å². The van der Waals surface area contributed by atoms with Gasteiger partial charge in [0.1, 0.15) is 11.5 Å². The Labute approximate surface area is 120 Å². The molecule has 0 fully saturated rings. The minimum Gasteiger partial charge on any atom is -0.347 e. The quantitative estimate of drug-likeness (QED) is 0.801. The zero-order chi connectivity index (χ0) is 14.8. The summed E-state index contributed by atoms with van der Waals surface area (Å²) in [5.41, 5.74) is 2.18. The summed E-state index contributed by atoms with van der Waals surface area (Å²) in [5.74, 6) is -0.665. The molecule has 0 bridgehead atoms. The van der Waals surface area contributed by atoms with E-state index in [1.54, 1.807) is 36.5 Å². The molecule has 1 N–H and O–H groups in total. The van der Waals surface area contributed by atoms with Crippen molar-refractivity contribution in [3.63, 3.8) is 0 Å². The Balaban J connectivity index is 1.83. The summed E-state index contributed by atoms with van der Waals surface area (Å²) in [5, 5.41) is 6.92. The van der Waals surface area contributed by atoms with Crippen LogP contribution in [0.15, 0.2) is 42.6 Å². The van der Waals surface area contributed by atoms with Gasteiger partial charge in [0.25, 0.3) is 5.91 Å². The summed E-state index contributed by atoms with van der Waals surface area (Å²) >= 11 is 0. The molecule has 0 radical (unpaired) electrons. The van der Waals surface area contributed by atoms with Gasteiger partial charge in [-0.2, -0.15) is 5.10 Å². The van der Waals surface area contributed by atoms with Gasteiger partial charge in [0.2, 0.25) is 0 Å². The Morgan fingerprint density at radius 1 is 1.33 bits per heavy atom. The molecule has 6 heteroatoms. The van der Waals surface area contributed by atoms with Gasteiger partial charge < -0.3 is 5.32 Å². The van der Waals surface area contributed by atoms with Crippen LogP contribution in [-0.4, -0.2) is 20.5 Å². The van der Waals surface area contributed by atoms with Gasteiger partial charge in [-0.3, -0.25) is 4.79 Å². The van der Waals surface area contributed by atoms with E-state index >= 15 is 0 Å². The van der Waals surface area contributed by atoms with Gasteiger partial charge >= 0.3 is 0 Å². The standard InChI is InChI=1S/C15H13FN4O/c1-10-8-14-17-7-6-13(20(14)19-10)15(21)18-9-11-4-2-3-5-12(11)16/h2-8H,9H2,1H3,(H,18,21). The molecule has 0 atom stereocenters. The lowest BCUT2D eigenvalue weighted by molar-refractivity contribution is 0.0943. The minimum absolute atomic E-state index is 0.121. The third kappa shape index (κ3) is 2.60. The largest absolute Gasteiger partial charge is 0.347 e. The minimum atomic E-state index is -0.340. The summed E-state index contributed by atoms with van der Waals surface area (Å²) in [7, 11) is 0. The molecular formula is C15H13FN4O. The fourth-order valence-corrected chi connectivity index (χ4v) is 2.09. The van der Waals surface area contributed by atoms with Gasteiger partial charge in [-0.15, -0.1) is 0 Å². The van der Waals surface area contributed by atoms with E-state index in [9.17, 15) is 9.18 Å². The number of carbonyl (C=O) groups is 1. The van der Waals surface area contributed by atoms with E-state index < -0.39 is 0 Å². The first-order chi connectivity index (χ1) is 10.1. The highest BCUT2D eigenvalue weighted by Gasteiger charge is 2.12. The molecular weight excluding hydrogens is 271 g/mol. The summed E-state index contributed by atoms with van der Waals surface area (Å²) in [6.07, 6.45) is 1.55. The lowest BCUT2D eigenvalue weighted by Gasteiger charge is -2.07. The van der Waals surface area contributed by atoms with Crippen molar-refractivity contribution in [1.29, 1.82) is 0 Å². The van der Waals surface area contributed by atoms with E-state index in [1.165, 1.54) is 10.6 Å². The lowest BCUT2D eigenvalue weighted by Crippen LogP contribution is -2.25. The van der Waals surface area contributed by atoms with Crippen LogP contribution in [0.4, 0.5) is 4.39 Å². The van der Waals surface area contributed by atoms with Crippen LogP contribution in [0.2, 0.25) is 0 Å². The van der Waals surface area contributed by atoms with Crippen LogP contribution < -0.4 is 5.32 Å². The molecule has 5 nitrogen and oxygen atoms in total. The number of halogens is 1. The van der Waals surface area contributed by atoms with Crippen molar-refractivity contribution in [3.05, 3.63) is 65.4 Å². The molecule has 3 rings (SSSR count). The maximum absolute atomic E-state index is 13.5. The molecule has 0 aliphatic rings. The molecule has 0 saturated heterocycles. The summed E-state index contributed by atoms with van der Waals surface area (Å²) < 4.78 is 15.0. The number of hydrogen-bond donors (Lipinski definition) is 1. The Bertz CT molecular complexity index is 812. The molecule has 106 valence electrons. The molecule has 1 aromatic carbocycles. The van der Waals surface area contributed by atoms with Crippen LogP contribution in [0.3, 0.4) is 0 Å². The number of carbonyl (C=O) groups excluding carboxylic acids is 1. The number of fused-ring (bicyclic) bond motifs is 1. The number of aromatic nitrogens is 3. The highest BCUT2D eigenvalue weighted by atomic mass is 19.1. The van der Waals surface area contributed by atoms with Crippen molar-refractivity contribution in [2.45, 2.75) is 13.5 Å². The van der Waals surface area contributed by atoms with Crippen LogP contribution in [0.1, 0.15) is 21.7 Å². The van der Waals surface area contributed by atoms with Crippen molar-refractivity contribution >= 4 is 11.6 Å². The molecule has 2 aromatic heterocycles. The first-order valence-electron chi connectivity index (χ1n) is 6.48. The zero-order valence-corrected chi connectivity index (χ0v) is 11.4. The predicted molar refractivity (Wildman–Crippen MR) is 75.3 cm³/mol. The molecule has 2 heterocycles. The second kappa shape index (κ2) is 5.32. The van der Waals surface area contributed by atoms with E-state index in [0.717, 1.165) is 5.69 Å². The van der Waals surface area contributed by atoms with Gasteiger partial charge in [0.05, 0.1) is 5.69 Å². The highest BCUT2D eigenvalue weighted by molar-refractivity contribution is 5.92. The van der Waals surface area contributed by atoms with E-state index in [0.29, 0.717) is 16.9 Å². The van der Waals surface area contributed by atoms with Crippen LogP contribution in [-0.2, 0) is 6.54 Å². The Kier molecular flexibility index (Phi) is 3.35. The van der Waals surface area contributed by atoms with Gasteiger partial charge in [0, 0.05) is 24.4 Å². The van der Waals surface area contributed by atoms with Gasteiger partial charge in [0.15, 0.2) is 5.65 Å². The molecule has 0 spiro atoms. The number of benzene rings is 1. The Morgan fingerprint density at radius 2 is 2.14 bits per heavy atom. The first-order valence-corrected chi connectivity index (χ1v) is 6.48. The van der Waals surface area contributed by atoms with Crippen molar-refractivity contribution in [2.75, 3.05) is 0 Å². The number of hydrogen-bond acceptors (Lipinski definition) is 3. The summed E-state index contributed by atoms with van der Waals surface area (Å²) in [6, 6.07) is 9.70. The number of aryl methyl sites for hydroxylation is 1. The van der Waals surface area contributed by atoms with Crippen LogP contribution in [0.25, 0.3) is 5.65 Å². The average molecular weight is 284 g/mol. The molecule has 0 saturated carbocycles. The molecule has 0 aliphatic heterocycles. The lowest BCUT2D eigenvalue weighted by atomic mass is 10.2. The maximum atomic E-state index is 13.5. The third-order valence-corrected chi connectivity index (χ3v) is 3.11. The van der Waals surface area contributed by atoms with Gasteiger partial charge in [-0.05, 0) is 19.1 Å². The van der Waals surface area contributed by atoms with Crippen molar-refractivity contribution in [2.24, 2.45) is 0 Å². The molecule has 21 heavy (non-hydrogen) atoms. The monoisotopic (exact) mass is 284 g/mol. The van der Waals surface area contributed by atoms with Gasteiger partial charge in [-0.1, -0.05) is 18.2 Å². The number of nitrogens with one attached hydrogen (secondary N) is 1. The second-order valence-corrected chi connectivity index (χ2v) is 4.66. The number of nitrogens with zero attached hydrogens (tertiary/aromatic N) is 3. The number of rotatable bonds is 3. The fraction of sp³-hybridized carbons (Fsp3) is 0.133. The molecule has 3 aromatic rings. The van der Waals surface area contributed by atoms with E-state index in [2.05, 4.69) is 15.4 Å². The molecule has 0 unspecified atom stereocenters. The normalized spacial score (nSPS) is 10.8. The Hall–Kier alpha value is -2.76. The average Bonchev–Trinajstić information content (AvgIpc) is 2.86. The van der Waals surface area contributed by atoms with E-state index in [1.807, 2.05) is 6.92 Å². The first kappa shape index (κ1) is 13.2. The second-order valence-electron chi connectivity index (χ2n) is 4.66. The number of amides is 1. The molecule has 1 amide bonds. The van der Waals surface area contributed by atoms with Crippen LogP contribution in [0.5, 0.6) is 0 Å². The van der Waals surface area contributed by atoms with Crippen molar-refractivity contribution in [3.8, 4) is 0 Å². The maximum Gasteiger partial charge on any atom is 0.270 e. The molecule has 0 aliphatic carbocycles. The smallest absolute Gasteiger partial charge is 0.270 e. The van der Waals surface area contributed by atoms with Crippen molar-refractivity contribution in [1.82, 2.24) is 19.9 Å². The van der Waals surface area contributed by atoms with E-state index in [4.69, 9.17) is 0 Å². The highest BCUT2D eigenvalue weighted by Crippen LogP contribution is 2.08. The van der Waals surface area contributed by atoms with E-state index in [-0.39, 0.29) is 18.3 Å². The van der Waals surface area contributed by atoms with Crippen LogP contribution >= 0.6 is 0 Å². The van der Waals surface area contributed by atoms with Crippen molar-refractivity contribution < 1.29 is 9.18 Å². The van der Waals surface area contributed by atoms with Crippen LogP contribution in [0, 0.1) is 12.7 Å². The zero-order valence-electron chi connectivity index (χ0n) is 11.4. The fourth-order valence-electron chi connectivity index (χ4n) is 2.09. The topological polar surface area (TPSA) is 59.3 Å².